The summed E-state index contributed by atoms with van der Waals surface area (Å²) in [5, 5.41) is 5.61. The Bertz CT molecular complexity index is 2060. The van der Waals surface area contributed by atoms with E-state index in [1.807, 2.05) is 0 Å². The van der Waals surface area contributed by atoms with Crippen molar-refractivity contribution in [2.45, 2.75) is 80.1 Å². The predicted molar refractivity (Wildman–Crippen MR) is 189 cm³/mol. The van der Waals surface area contributed by atoms with Gasteiger partial charge in [0.05, 0.1) is 0 Å². The van der Waals surface area contributed by atoms with Gasteiger partial charge in [0.1, 0.15) is 0 Å². The van der Waals surface area contributed by atoms with Gasteiger partial charge in [-0.05, 0) is 0 Å². The van der Waals surface area contributed by atoms with Crippen LogP contribution in [0.15, 0.2) is 103 Å². The maximum atomic E-state index is 2.57. The van der Waals surface area contributed by atoms with Crippen molar-refractivity contribution in [2.75, 3.05) is 0 Å². The van der Waals surface area contributed by atoms with Gasteiger partial charge in [0.25, 0.3) is 0 Å². The van der Waals surface area contributed by atoms with Crippen LogP contribution in [0, 0.1) is 21.8 Å². The van der Waals surface area contributed by atoms with E-state index in [4.69, 9.17) is 0 Å². The summed E-state index contributed by atoms with van der Waals surface area (Å²) in [6.45, 7) is 23.6. The van der Waals surface area contributed by atoms with Crippen LogP contribution in [0.5, 0.6) is 0 Å². The average molecular weight is 738 g/mol. The first-order valence-electron chi connectivity index (χ1n) is 16.5. The smallest absolute Gasteiger partial charge is 1.00 e. The van der Waals surface area contributed by atoms with Gasteiger partial charge < -0.3 is 24.8 Å². The third-order valence-electron chi connectivity index (χ3n) is 9.59. The molecule has 0 saturated carbocycles. The maximum Gasteiger partial charge on any atom is -1.00 e. The summed E-state index contributed by atoms with van der Waals surface area (Å²) in [6, 6.07) is 32.0. The first-order chi connectivity index (χ1) is 21.1. The van der Waals surface area contributed by atoms with Crippen LogP contribution in [0.4, 0.5) is 0 Å². The molecule has 0 nitrogen and oxygen atoms in total. The van der Waals surface area contributed by atoms with Gasteiger partial charge in [0, 0.05) is 0 Å². The molecule has 1 atom stereocenters. The molecule has 1 unspecified atom stereocenters. The number of allylic oxidation sites excluding steroid dienone is 4. The number of benzene rings is 4. The van der Waals surface area contributed by atoms with Crippen molar-refractivity contribution in [3.05, 3.63) is 157 Å². The molecule has 0 bridgehead atoms. The van der Waals surface area contributed by atoms with Crippen LogP contribution in [-0.4, -0.2) is 0 Å². The second kappa shape index (κ2) is 13.5. The minimum atomic E-state index is -0.0810. The molecule has 0 spiro atoms. The van der Waals surface area contributed by atoms with Gasteiger partial charge in [-0.2, -0.15) is 0 Å². The molecule has 4 aromatic carbocycles. The molecular weight excluding hydrogens is 691 g/mol. The number of hydrogen-bond acceptors (Lipinski definition) is 0. The molecular formula is C44H47Cl2Zr. The van der Waals surface area contributed by atoms with Crippen LogP contribution in [-0.2, 0) is 35.5 Å². The van der Waals surface area contributed by atoms with Crippen LogP contribution in [0.25, 0.3) is 14.4 Å². The Kier molecular flexibility index (Phi) is 10.7. The van der Waals surface area contributed by atoms with E-state index in [1.165, 1.54) is 99.0 Å². The largest absolute Gasteiger partial charge is 1.00 e. The number of fused-ring (bicyclic) bond motifs is 2. The molecule has 241 valence electrons. The second-order valence-electron chi connectivity index (χ2n) is 16.1. The Hall–Kier alpha value is -2.44. The molecule has 0 amide bonds. The third kappa shape index (κ3) is 6.88. The molecule has 3 heteroatoms. The van der Waals surface area contributed by atoms with Crippen LogP contribution >= 0.6 is 0 Å². The van der Waals surface area contributed by atoms with E-state index in [2.05, 4.69) is 166 Å². The average Bonchev–Trinajstić information content (AvgIpc) is 3.50. The van der Waals surface area contributed by atoms with Gasteiger partial charge in [-0.25, -0.2) is 0 Å². The number of hydrogen-bond donors (Lipinski definition) is 0. The Balaban J connectivity index is 0.00000250. The fourth-order valence-electron chi connectivity index (χ4n) is 7.02. The Morgan fingerprint density at radius 2 is 1.15 bits per heavy atom. The van der Waals surface area contributed by atoms with Crippen molar-refractivity contribution in [2.24, 2.45) is 11.3 Å². The van der Waals surface area contributed by atoms with E-state index in [0.29, 0.717) is 5.92 Å². The number of rotatable bonds is 3. The van der Waals surface area contributed by atoms with E-state index < -0.39 is 0 Å². The number of halogens is 2. The van der Waals surface area contributed by atoms with E-state index in [9.17, 15) is 0 Å². The summed E-state index contributed by atoms with van der Waals surface area (Å²) in [5.74, 6) is 0.322. The van der Waals surface area contributed by atoms with Crippen LogP contribution in [0.1, 0.15) is 103 Å². The van der Waals surface area contributed by atoms with Crippen molar-refractivity contribution in [1.82, 2.24) is 0 Å². The topological polar surface area (TPSA) is 0 Å². The summed E-state index contributed by atoms with van der Waals surface area (Å²) in [4.78, 5) is 0. The van der Waals surface area contributed by atoms with E-state index >= 15 is 0 Å². The van der Waals surface area contributed by atoms with E-state index in [1.54, 1.807) is 0 Å². The molecule has 0 saturated heterocycles. The zero-order valence-corrected chi connectivity index (χ0v) is 33.5. The second-order valence-corrected chi connectivity index (χ2v) is 17.3. The first kappa shape index (κ1) is 37.4. The monoisotopic (exact) mass is 735 g/mol. The van der Waals surface area contributed by atoms with Crippen molar-refractivity contribution in [1.29, 1.82) is 0 Å². The zero-order chi connectivity index (χ0) is 32.5. The van der Waals surface area contributed by atoms with Crippen molar-refractivity contribution >= 4 is 14.4 Å². The molecule has 0 heterocycles. The van der Waals surface area contributed by atoms with Crippen LogP contribution in [0.2, 0.25) is 0 Å². The molecule has 2 aliphatic carbocycles. The minimum absolute atomic E-state index is 0. The van der Waals surface area contributed by atoms with Gasteiger partial charge in [-0.3, -0.25) is 0 Å². The molecule has 0 aromatic heterocycles. The minimum Gasteiger partial charge on any atom is -1.00 e. The normalized spacial score (nSPS) is 15.7. The van der Waals surface area contributed by atoms with Gasteiger partial charge >= 0.3 is 287 Å². The molecule has 0 radical (unpaired) electrons. The van der Waals surface area contributed by atoms with Gasteiger partial charge in [0.2, 0.25) is 0 Å². The fourth-order valence-corrected chi connectivity index (χ4v) is 8.19. The molecule has 6 rings (SSSR count). The van der Waals surface area contributed by atoms with Crippen LogP contribution in [0.3, 0.4) is 0 Å². The standard InChI is InChI=1S/C44H47.2ClH.Zr/c1-28-23-33(43(5,6)7)26-34(28)40-37-24-31-21-22-32(42(2,3)4)25-35(31)36(37)27-38(44(8,9)10)41(40)39(29-17-13-11-14-18-29)30-19-15-12-16-20-30;;;/h11-23,25-28H,1-10H3;2*1H;/q;;;+2/p-2. The summed E-state index contributed by atoms with van der Waals surface area (Å²) in [6.07, 6.45) is 5.05. The molecule has 4 aromatic rings. The molecule has 0 fully saturated rings. The van der Waals surface area contributed by atoms with Crippen molar-refractivity contribution in [3.8, 4) is 0 Å². The third-order valence-corrected chi connectivity index (χ3v) is 10.9. The van der Waals surface area contributed by atoms with Gasteiger partial charge in [-0.15, -0.1) is 0 Å². The van der Waals surface area contributed by atoms with Gasteiger partial charge in [-0.1, -0.05) is 0 Å². The van der Waals surface area contributed by atoms with Gasteiger partial charge in [0.15, 0.2) is 0 Å². The summed E-state index contributed by atoms with van der Waals surface area (Å²) < 4.78 is 1.47. The zero-order valence-electron chi connectivity index (χ0n) is 29.6. The molecule has 2 aliphatic rings. The Morgan fingerprint density at radius 3 is 1.62 bits per heavy atom. The fraction of sp³-hybridized carbons (Fsp3) is 0.318. The Morgan fingerprint density at radius 1 is 0.596 bits per heavy atom. The maximum absolute atomic E-state index is 2.57. The first-order valence-corrected chi connectivity index (χ1v) is 17.7. The summed E-state index contributed by atoms with van der Waals surface area (Å²) in [5.41, 5.74) is 12.5. The Labute approximate surface area is 310 Å². The molecule has 0 N–H and O–H groups in total. The summed E-state index contributed by atoms with van der Waals surface area (Å²) >= 11 is 1.46. The molecule has 47 heavy (non-hydrogen) atoms. The van der Waals surface area contributed by atoms with Crippen LogP contribution < -0.4 is 35.3 Å². The van der Waals surface area contributed by atoms with Crippen molar-refractivity contribution < 1.29 is 49.5 Å². The summed E-state index contributed by atoms with van der Waals surface area (Å²) in [7, 11) is 0. The quantitative estimate of drug-likeness (QED) is 0.300. The molecule has 0 aliphatic heterocycles. The van der Waals surface area contributed by atoms with E-state index in [-0.39, 0.29) is 41.1 Å². The SMILES string of the molecule is CC1C=C(C(C)(C)C)C=C1c1c2c(cc(C(C)(C)C)c1=C(c1ccccc1)c1ccccc1)=c1cc(C(C)(C)C)ccc1=[C]2[Zr+2].[Cl-].[Cl-]. The predicted octanol–water partition coefficient (Wildman–Crippen LogP) is 3.85. The van der Waals surface area contributed by atoms with E-state index in [0.717, 1.165) is 0 Å². The van der Waals surface area contributed by atoms with Crippen molar-refractivity contribution in [3.63, 3.8) is 0 Å².